The lowest BCUT2D eigenvalue weighted by Crippen LogP contribution is -2.50. The summed E-state index contributed by atoms with van der Waals surface area (Å²) in [5.74, 6) is -0.0828. The minimum Gasteiger partial charge on any atom is -0.383 e. The molecule has 3 unspecified atom stereocenters. The molecule has 16 heavy (non-hydrogen) atoms. The molecule has 0 aliphatic carbocycles. The molecule has 2 heterocycles. The van der Waals surface area contributed by atoms with Crippen LogP contribution < -0.4 is 11.1 Å². The molecule has 1 amide bonds. The van der Waals surface area contributed by atoms with E-state index >= 15 is 0 Å². The third kappa shape index (κ3) is 2.36. The fraction of sp³-hybridized carbons (Fsp3) is 0.909. The van der Waals surface area contributed by atoms with Crippen LogP contribution in [0.5, 0.6) is 0 Å². The molecule has 2 saturated heterocycles. The van der Waals surface area contributed by atoms with E-state index in [0.29, 0.717) is 6.04 Å². The Morgan fingerprint density at radius 2 is 2.38 bits per heavy atom. The Morgan fingerprint density at radius 1 is 1.56 bits per heavy atom. The molecule has 5 nitrogen and oxygen atoms in total. The number of hydrogen-bond acceptors (Lipinski definition) is 4. The highest BCUT2D eigenvalue weighted by atomic mass is 16.5. The number of rotatable bonds is 4. The van der Waals surface area contributed by atoms with Gasteiger partial charge < -0.3 is 15.8 Å². The van der Waals surface area contributed by atoms with Crippen LogP contribution in [0, 0.1) is 0 Å². The van der Waals surface area contributed by atoms with Crippen molar-refractivity contribution in [1.82, 2.24) is 10.2 Å². The van der Waals surface area contributed by atoms with Gasteiger partial charge in [-0.05, 0) is 25.8 Å². The first-order valence-electron chi connectivity index (χ1n) is 6.01. The van der Waals surface area contributed by atoms with E-state index in [-0.39, 0.29) is 18.6 Å². The van der Waals surface area contributed by atoms with E-state index in [1.54, 1.807) is 7.11 Å². The molecule has 3 N–H and O–H groups in total. The zero-order valence-corrected chi connectivity index (χ0v) is 9.82. The van der Waals surface area contributed by atoms with E-state index in [1.165, 1.54) is 19.4 Å². The molecular formula is C11H21N3O2. The topological polar surface area (TPSA) is 67.6 Å². The van der Waals surface area contributed by atoms with Crippen LogP contribution in [0.1, 0.15) is 19.3 Å². The first-order valence-corrected chi connectivity index (χ1v) is 6.01. The Bertz CT molecular complexity index is 260. The van der Waals surface area contributed by atoms with Gasteiger partial charge in [0.1, 0.15) is 6.04 Å². The summed E-state index contributed by atoms with van der Waals surface area (Å²) in [4.78, 5) is 14.2. The first kappa shape index (κ1) is 11.8. The minimum absolute atomic E-state index is 0.0828. The van der Waals surface area contributed by atoms with E-state index in [4.69, 9.17) is 10.5 Å². The molecule has 0 aromatic heterocycles. The number of methoxy groups -OCH3 is 1. The SMILES string of the molecule is COCC(N)C(=O)NC1CCN2CCCC12. The lowest BCUT2D eigenvalue weighted by atomic mass is 10.1. The Balaban J connectivity index is 1.83. The molecule has 0 bridgehead atoms. The van der Waals surface area contributed by atoms with Crippen LogP contribution in [0.3, 0.4) is 0 Å². The number of carbonyl (C=O) groups excluding carboxylic acids is 1. The van der Waals surface area contributed by atoms with Crippen LogP contribution >= 0.6 is 0 Å². The number of hydrogen-bond donors (Lipinski definition) is 2. The van der Waals surface area contributed by atoms with Gasteiger partial charge in [0.05, 0.1) is 6.61 Å². The highest BCUT2D eigenvalue weighted by Crippen LogP contribution is 2.27. The molecule has 2 aliphatic heterocycles. The number of carbonyl (C=O) groups is 1. The van der Waals surface area contributed by atoms with E-state index in [1.807, 2.05) is 0 Å². The van der Waals surface area contributed by atoms with Crippen molar-refractivity contribution in [2.75, 3.05) is 26.8 Å². The van der Waals surface area contributed by atoms with Gasteiger partial charge in [-0.3, -0.25) is 9.69 Å². The fourth-order valence-corrected chi connectivity index (χ4v) is 2.80. The minimum atomic E-state index is -0.541. The maximum Gasteiger partial charge on any atom is 0.239 e. The Morgan fingerprint density at radius 3 is 3.12 bits per heavy atom. The summed E-state index contributed by atoms with van der Waals surface area (Å²) in [5, 5.41) is 3.05. The first-order chi connectivity index (χ1) is 7.72. The van der Waals surface area contributed by atoms with Crippen LogP contribution in [-0.2, 0) is 9.53 Å². The van der Waals surface area contributed by atoms with Gasteiger partial charge in [-0.2, -0.15) is 0 Å². The fourth-order valence-electron chi connectivity index (χ4n) is 2.80. The van der Waals surface area contributed by atoms with Crippen molar-refractivity contribution in [3.8, 4) is 0 Å². The second kappa shape index (κ2) is 5.12. The number of amides is 1. The second-order valence-electron chi connectivity index (χ2n) is 4.71. The molecule has 92 valence electrons. The summed E-state index contributed by atoms with van der Waals surface area (Å²) in [5.41, 5.74) is 5.69. The normalized spacial score (nSPS) is 31.4. The number of nitrogens with zero attached hydrogens (tertiary/aromatic N) is 1. The van der Waals surface area contributed by atoms with Gasteiger partial charge in [-0.15, -0.1) is 0 Å². The molecule has 0 aromatic rings. The molecule has 2 fully saturated rings. The predicted octanol–water partition coefficient (Wildman–Crippen LogP) is -0.687. The van der Waals surface area contributed by atoms with Crippen LogP contribution in [-0.4, -0.2) is 55.7 Å². The van der Waals surface area contributed by atoms with Crippen molar-refractivity contribution in [3.63, 3.8) is 0 Å². The molecule has 2 aliphatic rings. The van der Waals surface area contributed by atoms with Gasteiger partial charge in [-0.25, -0.2) is 0 Å². The van der Waals surface area contributed by atoms with E-state index in [9.17, 15) is 4.79 Å². The monoisotopic (exact) mass is 227 g/mol. The maximum atomic E-state index is 11.7. The van der Waals surface area contributed by atoms with Gasteiger partial charge in [0.2, 0.25) is 5.91 Å². The summed E-state index contributed by atoms with van der Waals surface area (Å²) in [6.07, 6.45) is 3.50. The molecule has 0 radical (unpaired) electrons. The Labute approximate surface area is 96.3 Å². The van der Waals surface area contributed by atoms with Crippen LogP contribution in [0.4, 0.5) is 0 Å². The zero-order valence-electron chi connectivity index (χ0n) is 9.82. The molecule has 5 heteroatoms. The average molecular weight is 227 g/mol. The molecule has 0 aromatic carbocycles. The quantitative estimate of drug-likeness (QED) is 0.667. The van der Waals surface area contributed by atoms with E-state index < -0.39 is 6.04 Å². The van der Waals surface area contributed by atoms with Crippen molar-refractivity contribution >= 4 is 5.91 Å². The van der Waals surface area contributed by atoms with Crippen LogP contribution in [0.2, 0.25) is 0 Å². The summed E-state index contributed by atoms with van der Waals surface area (Å²) in [6, 6.07) is 0.289. The van der Waals surface area contributed by atoms with Crippen molar-refractivity contribution in [2.45, 2.75) is 37.4 Å². The van der Waals surface area contributed by atoms with Gasteiger partial charge in [-0.1, -0.05) is 0 Å². The number of fused-ring (bicyclic) bond motifs is 1. The van der Waals surface area contributed by atoms with Gasteiger partial charge in [0, 0.05) is 25.7 Å². The molecule has 0 spiro atoms. The third-order valence-corrected chi connectivity index (χ3v) is 3.62. The van der Waals surface area contributed by atoms with Crippen molar-refractivity contribution < 1.29 is 9.53 Å². The highest BCUT2D eigenvalue weighted by molar-refractivity contribution is 5.82. The number of ether oxygens (including phenoxy) is 1. The smallest absolute Gasteiger partial charge is 0.239 e. The predicted molar refractivity (Wildman–Crippen MR) is 61.0 cm³/mol. The largest absolute Gasteiger partial charge is 0.383 e. The molecule has 3 atom stereocenters. The summed E-state index contributed by atoms with van der Waals surface area (Å²) < 4.78 is 4.88. The summed E-state index contributed by atoms with van der Waals surface area (Å²) in [6.45, 7) is 2.57. The molecular weight excluding hydrogens is 206 g/mol. The average Bonchev–Trinajstić information content (AvgIpc) is 2.83. The standard InChI is InChI=1S/C11H21N3O2/c1-16-7-8(12)11(15)13-9-4-6-14-5-2-3-10(9)14/h8-10H,2-7,12H2,1H3,(H,13,15). The summed E-state index contributed by atoms with van der Waals surface area (Å²) >= 11 is 0. The van der Waals surface area contributed by atoms with Gasteiger partial charge in [0.15, 0.2) is 0 Å². The van der Waals surface area contributed by atoms with Gasteiger partial charge in [0.25, 0.3) is 0 Å². The lowest BCUT2D eigenvalue weighted by molar-refractivity contribution is -0.124. The Hall–Kier alpha value is -0.650. The van der Waals surface area contributed by atoms with Crippen LogP contribution in [0.25, 0.3) is 0 Å². The number of nitrogens with two attached hydrogens (primary N) is 1. The van der Waals surface area contributed by atoms with Gasteiger partial charge >= 0.3 is 0 Å². The van der Waals surface area contributed by atoms with E-state index in [2.05, 4.69) is 10.2 Å². The second-order valence-corrected chi connectivity index (χ2v) is 4.71. The molecule has 2 rings (SSSR count). The lowest BCUT2D eigenvalue weighted by Gasteiger charge is -2.22. The zero-order chi connectivity index (χ0) is 11.5. The molecule has 0 saturated carbocycles. The van der Waals surface area contributed by atoms with Crippen molar-refractivity contribution in [1.29, 1.82) is 0 Å². The van der Waals surface area contributed by atoms with E-state index in [0.717, 1.165) is 13.0 Å². The Kier molecular flexibility index (Phi) is 3.78. The number of nitrogens with one attached hydrogen (secondary N) is 1. The third-order valence-electron chi connectivity index (χ3n) is 3.62. The van der Waals surface area contributed by atoms with Crippen molar-refractivity contribution in [2.24, 2.45) is 5.73 Å². The summed E-state index contributed by atoms with van der Waals surface area (Å²) in [7, 11) is 1.56. The van der Waals surface area contributed by atoms with Crippen molar-refractivity contribution in [3.05, 3.63) is 0 Å². The maximum absolute atomic E-state index is 11.7. The highest BCUT2D eigenvalue weighted by Gasteiger charge is 2.38. The van der Waals surface area contributed by atoms with Crippen LogP contribution in [0.15, 0.2) is 0 Å².